The summed E-state index contributed by atoms with van der Waals surface area (Å²) in [4.78, 5) is 2.47. The van der Waals surface area contributed by atoms with E-state index < -0.39 is 0 Å². The summed E-state index contributed by atoms with van der Waals surface area (Å²) in [7, 11) is 4.26. The summed E-state index contributed by atoms with van der Waals surface area (Å²) in [5, 5.41) is 3.23. The van der Waals surface area contributed by atoms with Gasteiger partial charge in [0.25, 0.3) is 0 Å². The first-order valence-corrected chi connectivity index (χ1v) is 6.69. The van der Waals surface area contributed by atoms with E-state index in [-0.39, 0.29) is 0 Å². The Kier molecular flexibility index (Phi) is 4.57. The molecule has 17 heavy (non-hydrogen) atoms. The molecule has 0 aliphatic heterocycles. The van der Waals surface area contributed by atoms with Crippen LogP contribution < -0.4 is 5.32 Å². The van der Waals surface area contributed by atoms with Crippen molar-refractivity contribution in [3.63, 3.8) is 0 Å². The van der Waals surface area contributed by atoms with Crippen LogP contribution in [0, 0.1) is 5.92 Å². The van der Waals surface area contributed by atoms with E-state index in [0.717, 1.165) is 25.4 Å². The lowest BCUT2D eigenvalue weighted by Gasteiger charge is -2.18. The Morgan fingerprint density at radius 1 is 1.24 bits per heavy atom. The van der Waals surface area contributed by atoms with E-state index in [1.165, 1.54) is 30.5 Å². The van der Waals surface area contributed by atoms with Gasteiger partial charge in [0.15, 0.2) is 0 Å². The molecule has 1 aromatic carbocycles. The van der Waals surface area contributed by atoms with Gasteiger partial charge in [-0.15, -0.1) is 0 Å². The Hall–Kier alpha value is -0.860. The van der Waals surface area contributed by atoms with Crippen LogP contribution >= 0.6 is 0 Å². The fourth-order valence-electron chi connectivity index (χ4n) is 2.31. The molecule has 2 nitrogen and oxygen atoms in total. The number of hydrogen-bond acceptors (Lipinski definition) is 2. The van der Waals surface area contributed by atoms with Crippen LogP contribution in [0.1, 0.15) is 24.0 Å². The van der Waals surface area contributed by atoms with Crippen LogP contribution in [0.5, 0.6) is 0 Å². The van der Waals surface area contributed by atoms with Crippen molar-refractivity contribution in [2.75, 3.05) is 27.2 Å². The molecule has 0 aromatic heterocycles. The van der Waals surface area contributed by atoms with E-state index >= 15 is 0 Å². The maximum atomic E-state index is 3.23. The minimum absolute atomic E-state index is 0.976. The summed E-state index contributed by atoms with van der Waals surface area (Å²) in [6.07, 6.45) is 4.00. The van der Waals surface area contributed by atoms with Crippen molar-refractivity contribution in [3.8, 4) is 0 Å². The predicted molar refractivity (Wildman–Crippen MR) is 73.1 cm³/mol. The number of hydrogen-bond donors (Lipinski definition) is 1. The number of likely N-dealkylation sites (N-methyl/N-ethyl adjacent to an activating group) is 1. The van der Waals surface area contributed by atoms with E-state index in [1.807, 2.05) is 7.05 Å². The summed E-state index contributed by atoms with van der Waals surface area (Å²) in [6, 6.07) is 8.84. The Morgan fingerprint density at radius 3 is 2.59 bits per heavy atom. The Morgan fingerprint density at radius 2 is 1.94 bits per heavy atom. The first-order valence-electron chi connectivity index (χ1n) is 6.69. The molecule has 0 radical (unpaired) electrons. The van der Waals surface area contributed by atoms with E-state index in [4.69, 9.17) is 0 Å². The van der Waals surface area contributed by atoms with Crippen molar-refractivity contribution in [2.45, 2.75) is 25.8 Å². The predicted octanol–water partition coefficient (Wildman–Crippen LogP) is 2.29. The molecule has 1 aliphatic carbocycles. The third-order valence-electron chi connectivity index (χ3n) is 3.47. The van der Waals surface area contributed by atoms with Gasteiger partial charge in [-0.05, 0) is 56.9 Å². The number of nitrogens with one attached hydrogen (secondary N) is 1. The van der Waals surface area contributed by atoms with E-state index in [1.54, 1.807) is 0 Å². The van der Waals surface area contributed by atoms with Crippen molar-refractivity contribution < 1.29 is 0 Å². The molecule has 0 saturated heterocycles. The summed E-state index contributed by atoms with van der Waals surface area (Å²) < 4.78 is 0. The second kappa shape index (κ2) is 6.18. The van der Waals surface area contributed by atoms with Gasteiger partial charge in [0.05, 0.1) is 0 Å². The molecule has 94 valence electrons. The maximum Gasteiger partial charge on any atom is 0.0233 e. The first kappa shape index (κ1) is 12.6. The summed E-state index contributed by atoms with van der Waals surface area (Å²) in [5.41, 5.74) is 2.98. The molecule has 0 unspecified atom stereocenters. The van der Waals surface area contributed by atoms with Crippen LogP contribution in [-0.2, 0) is 13.0 Å². The van der Waals surface area contributed by atoms with Gasteiger partial charge in [0.1, 0.15) is 0 Å². The van der Waals surface area contributed by atoms with E-state index in [2.05, 4.69) is 41.5 Å². The highest BCUT2D eigenvalue weighted by Gasteiger charge is 2.22. The topological polar surface area (TPSA) is 15.3 Å². The van der Waals surface area contributed by atoms with Crippen molar-refractivity contribution >= 4 is 0 Å². The van der Waals surface area contributed by atoms with Gasteiger partial charge >= 0.3 is 0 Å². The van der Waals surface area contributed by atoms with Gasteiger partial charge in [-0.2, -0.15) is 0 Å². The monoisotopic (exact) mass is 232 g/mol. The molecule has 0 amide bonds. The molecule has 1 aliphatic rings. The smallest absolute Gasteiger partial charge is 0.0233 e. The van der Waals surface area contributed by atoms with Gasteiger partial charge in [-0.3, -0.25) is 0 Å². The lowest BCUT2D eigenvalue weighted by atomic mass is 10.0. The molecule has 1 fully saturated rings. The number of rotatable bonds is 7. The van der Waals surface area contributed by atoms with E-state index in [9.17, 15) is 0 Å². The molecule has 0 bridgehead atoms. The van der Waals surface area contributed by atoms with Crippen molar-refractivity contribution in [1.82, 2.24) is 10.2 Å². The zero-order chi connectivity index (χ0) is 12.1. The molecule has 0 heterocycles. The van der Waals surface area contributed by atoms with Crippen molar-refractivity contribution in [3.05, 3.63) is 35.4 Å². The average Bonchev–Trinajstić information content (AvgIpc) is 3.11. The number of benzene rings is 1. The van der Waals surface area contributed by atoms with Crippen LogP contribution in [-0.4, -0.2) is 32.1 Å². The third kappa shape index (κ3) is 4.14. The largest absolute Gasteiger partial charge is 0.319 e. The van der Waals surface area contributed by atoms with Crippen LogP contribution in [0.2, 0.25) is 0 Å². The molecule has 2 rings (SSSR count). The molecule has 0 atom stereocenters. The number of nitrogens with zero attached hydrogens (tertiary/aromatic N) is 1. The summed E-state index contributed by atoms with van der Waals surface area (Å²) >= 11 is 0. The molecular weight excluding hydrogens is 208 g/mol. The summed E-state index contributed by atoms with van der Waals surface area (Å²) in [6.45, 7) is 3.42. The normalized spacial score (nSPS) is 15.5. The van der Waals surface area contributed by atoms with Crippen LogP contribution in [0.4, 0.5) is 0 Å². The summed E-state index contributed by atoms with van der Waals surface area (Å²) in [5.74, 6) is 0.976. The zero-order valence-electron chi connectivity index (χ0n) is 11.1. The minimum atomic E-state index is 0.976. The van der Waals surface area contributed by atoms with Gasteiger partial charge in [-0.1, -0.05) is 24.3 Å². The lowest BCUT2D eigenvalue weighted by Crippen LogP contribution is -2.21. The molecule has 1 saturated carbocycles. The highest BCUT2D eigenvalue weighted by atomic mass is 15.1. The molecule has 2 heteroatoms. The molecule has 0 spiro atoms. The van der Waals surface area contributed by atoms with Gasteiger partial charge in [-0.25, -0.2) is 0 Å². The molecule has 1 N–H and O–H groups in total. The molecule has 1 aromatic rings. The highest BCUT2D eigenvalue weighted by Crippen LogP contribution is 2.29. The molecular formula is C15H24N2. The minimum Gasteiger partial charge on any atom is -0.319 e. The Bertz CT molecular complexity index is 345. The fraction of sp³-hybridized carbons (Fsp3) is 0.600. The second-order valence-electron chi connectivity index (χ2n) is 5.26. The van der Waals surface area contributed by atoms with Gasteiger partial charge in [0.2, 0.25) is 0 Å². The fourth-order valence-corrected chi connectivity index (χ4v) is 2.31. The Balaban J connectivity index is 1.92. The highest BCUT2D eigenvalue weighted by molar-refractivity contribution is 5.27. The van der Waals surface area contributed by atoms with Gasteiger partial charge in [0, 0.05) is 13.1 Å². The maximum absolute atomic E-state index is 3.23. The third-order valence-corrected chi connectivity index (χ3v) is 3.47. The standard InChI is InChI=1S/C15H24N2/c1-16-10-9-14-5-3-4-6-15(14)12-17(2)11-13-7-8-13/h3-6,13,16H,7-12H2,1-2H3. The van der Waals surface area contributed by atoms with Crippen molar-refractivity contribution in [2.24, 2.45) is 5.92 Å². The van der Waals surface area contributed by atoms with Crippen molar-refractivity contribution in [1.29, 1.82) is 0 Å². The van der Waals surface area contributed by atoms with Crippen LogP contribution in [0.15, 0.2) is 24.3 Å². The lowest BCUT2D eigenvalue weighted by molar-refractivity contribution is 0.312. The zero-order valence-corrected chi connectivity index (χ0v) is 11.1. The SMILES string of the molecule is CNCCc1ccccc1CN(C)CC1CC1. The van der Waals surface area contributed by atoms with Crippen LogP contribution in [0.25, 0.3) is 0 Å². The first-order chi connectivity index (χ1) is 8.29. The van der Waals surface area contributed by atoms with Crippen LogP contribution in [0.3, 0.4) is 0 Å². The van der Waals surface area contributed by atoms with Gasteiger partial charge < -0.3 is 10.2 Å². The quantitative estimate of drug-likeness (QED) is 0.776. The second-order valence-corrected chi connectivity index (χ2v) is 5.26. The average molecular weight is 232 g/mol. The van der Waals surface area contributed by atoms with E-state index in [0.29, 0.717) is 0 Å². The Labute approximate surface area is 105 Å².